The van der Waals surface area contributed by atoms with Crippen molar-refractivity contribution in [3.8, 4) is 0 Å². The van der Waals surface area contributed by atoms with Crippen molar-refractivity contribution < 1.29 is 9.59 Å². The van der Waals surface area contributed by atoms with E-state index in [4.69, 9.17) is 0 Å². The lowest BCUT2D eigenvalue weighted by molar-refractivity contribution is 0.0981. The number of urea groups is 1. The van der Waals surface area contributed by atoms with E-state index in [0.717, 1.165) is 12.1 Å². The molecule has 0 bridgehead atoms. The smallest absolute Gasteiger partial charge is 0.317 e. The number of benzene rings is 1. The second-order valence-corrected chi connectivity index (χ2v) is 6.45. The highest BCUT2D eigenvalue weighted by Gasteiger charge is 2.31. The summed E-state index contributed by atoms with van der Waals surface area (Å²) in [7, 11) is 3.35. The highest BCUT2D eigenvalue weighted by atomic mass is 16.2. The van der Waals surface area contributed by atoms with Gasteiger partial charge < -0.3 is 15.1 Å². The average molecular weight is 338 g/mol. The first kappa shape index (κ1) is 17.0. The minimum Gasteiger partial charge on any atom is -0.332 e. The summed E-state index contributed by atoms with van der Waals surface area (Å²) in [6.07, 6.45) is 2.47. The Labute approximate surface area is 147 Å². The number of nitrogens with one attached hydrogen (secondary N) is 1. The van der Waals surface area contributed by atoms with Crippen molar-refractivity contribution >= 4 is 17.6 Å². The van der Waals surface area contributed by atoms with Crippen molar-refractivity contribution in [2.75, 3.05) is 19.0 Å². The van der Waals surface area contributed by atoms with E-state index in [1.165, 1.54) is 10.5 Å². The Kier molecular flexibility index (Phi) is 4.70. The molecule has 0 aliphatic carbocycles. The molecule has 0 spiro atoms. The van der Waals surface area contributed by atoms with Gasteiger partial charge in [0.15, 0.2) is 0 Å². The molecule has 2 heterocycles. The predicted octanol–water partition coefficient (Wildman–Crippen LogP) is 2.44. The monoisotopic (exact) mass is 338 g/mol. The van der Waals surface area contributed by atoms with Gasteiger partial charge in [0.25, 0.3) is 5.91 Å². The number of para-hydroxylation sites is 1. The molecular weight excluding hydrogens is 316 g/mol. The molecule has 6 heteroatoms. The van der Waals surface area contributed by atoms with E-state index >= 15 is 0 Å². The van der Waals surface area contributed by atoms with E-state index in [2.05, 4.69) is 23.3 Å². The SMILES string of the molecule is CC1Cc2ccccc2N1C(=O)c1ccnc(CNC(=O)N(C)C)c1. The number of rotatable bonds is 3. The van der Waals surface area contributed by atoms with Gasteiger partial charge in [0, 0.05) is 37.6 Å². The largest absolute Gasteiger partial charge is 0.332 e. The van der Waals surface area contributed by atoms with Gasteiger partial charge in [-0.25, -0.2) is 4.79 Å². The fraction of sp³-hybridized carbons (Fsp3) is 0.316. The van der Waals surface area contributed by atoms with E-state index in [-0.39, 0.29) is 24.5 Å². The maximum atomic E-state index is 13.0. The van der Waals surface area contributed by atoms with Crippen molar-refractivity contribution in [1.82, 2.24) is 15.2 Å². The summed E-state index contributed by atoms with van der Waals surface area (Å²) in [4.78, 5) is 32.2. The molecule has 0 fully saturated rings. The van der Waals surface area contributed by atoms with Crippen molar-refractivity contribution in [3.05, 3.63) is 59.4 Å². The van der Waals surface area contributed by atoms with E-state index in [0.29, 0.717) is 11.3 Å². The zero-order valence-corrected chi connectivity index (χ0v) is 14.7. The molecule has 3 rings (SSSR count). The summed E-state index contributed by atoms with van der Waals surface area (Å²) >= 11 is 0. The minimum absolute atomic E-state index is 0.0416. The van der Waals surface area contributed by atoms with Crippen molar-refractivity contribution in [2.24, 2.45) is 0 Å². The Morgan fingerprint density at radius 3 is 2.80 bits per heavy atom. The van der Waals surface area contributed by atoms with Crippen molar-refractivity contribution in [1.29, 1.82) is 0 Å². The molecule has 0 saturated carbocycles. The number of hydrogen-bond donors (Lipinski definition) is 1. The molecule has 1 aromatic heterocycles. The normalized spacial score (nSPS) is 15.6. The molecule has 3 amide bonds. The van der Waals surface area contributed by atoms with Gasteiger partial charge >= 0.3 is 6.03 Å². The maximum absolute atomic E-state index is 13.0. The number of nitrogens with zero attached hydrogens (tertiary/aromatic N) is 3. The zero-order valence-electron chi connectivity index (χ0n) is 14.7. The van der Waals surface area contributed by atoms with Gasteiger partial charge in [0.05, 0.1) is 12.2 Å². The molecular formula is C19H22N4O2. The van der Waals surface area contributed by atoms with Crippen molar-refractivity contribution in [3.63, 3.8) is 0 Å². The highest BCUT2D eigenvalue weighted by Crippen LogP contribution is 2.33. The Balaban J connectivity index is 1.79. The van der Waals surface area contributed by atoms with Crippen LogP contribution in [0, 0.1) is 0 Å². The first-order chi connectivity index (χ1) is 12.0. The number of fused-ring (bicyclic) bond motifs is 1. The Hall–Kier alpha value is -2.89. The van der Waals surface area contributed by atoms with Crippen LogP contribution < -0.4 is 10.2 Å². The number of carbonyl (C=O) groups excluding carboxylic acids is 2. The molecule has 0 saturated heterocycles. The number of amides is 3. The highest BCUT2D eigenvalue weighted by molar-refractivity contribution is 6.07. The Morgan fingerprint density at radius 2 is 2.04 bits per heavy atom. The van der Waals surface area contributed by atoms with Gasteiger partial charge in [-0.2, -0.15) is 0 Å². The topological polar surface area (TPSA) is 65.5 Å². The van der Waals surface area contributed by atoms with Crippen LogP contribution in [0.5, 0.6) is 0 Å². The average Bonchev–Trinajstić information content (AvgIpc) is 2.94. The van der Waals surface area contributed by atoms with Crippen LogP contribution in [0.4, 0.5) is 10.5 Å². The summed E-state index contributed by atoms with van der Waals surface area (Å²) in [5.74, 6) is -0.0416. The van der Waals surface area contributed by atoms with Crippen LogP contribution >= 0.6 is 0 Å². The van der Waals surface area contributed by atoms with Gasteiger partial charge in [-0.05, 0) is 37.1 Å². The van der Waals surface area contributed by atoms with E-state index in [1.54, 1.807) is 32.4 Å². The van der Waals surface area contributed by atoms with Gasteiger partial charge in [-0.15, -0.1) is 0 Å². The molecule has 6 nitrogen and oxygen atoms in total. The van der Waals surface area contributed by atoms with Gasteiger partial charge in [-0.1, -0.05) is 18.2 Å². The molecule has 130 valence electrons. The first-order valence-corrected chi connectivity index (χ1v) is 8.29. The number of anilines is 1. The van der Waals surface area contributed by atoms with Crippen LogP contribution in [0.2, 0.25) is 0 Å². The van der Waals surface area contributed by atoms with E-state index < -0.39 is 0 Å². The van der Waals surface area contributed by atoms with E-state index in [9.17, 15) is 9.59 Å². The molecule has 1 N–H and O–H groups in total. The number of aromatic nitrogens is 1. The second-order valence-electron chi connectivity index (χ2n) is 6.45. The predicted molar refractivity (Wildman–Crippen MR) is 96.6 cm³/mol. The van der Waals surface area contributed by atoms with E-state index in [1.807, 2.05) is 23.1 Å². The maximum Gasteiger partial charge on any atom is 0.317 e. The van der Waals surface area contributed by atoms with Crippen LogP contribution in [0.1, 0.15) is 28.5 Å². The molecule has 0 radical (unpaired) electrons. The first-order valence-electron chi connectivity index (χ1n) is 8.29. The van der Waals surface area contributed by atoms with Crippen molar-refractivity contribution in [2.45, 2.75) is 25.9 Å². The summed E-state index contributed by atoms with van der Waals surface area (Å²) < 4.78 is 0. The molecule has 1 aliphatic heterocycles. The molecule has 1 aromatic carbocycles. The lowest BCUT2D eigenvalue weighted by Gasteiger charge is -2.23. The number of hydrogen-bond acceptors (Lipinski definition) is 3. The lowest BCUT2D eigenvalue weighted by atomic mass is 10.1. The summed E-state index contributed by atoms with van der Waals surface area (Å²) in [6.45, 7) is 2.33. The number of pyridine rings is 1. The van der Waals surface area contributed by atoms with Crippen LogP contribution in [0.3, 0.4) is 0 Å². The van der Waals surface area contributed by atoms with Gasteiger partial charge in [-0.3, -0.25) is 9.78 Å². The number of carbonyl (C=O) groups is 2. The van der Waals surface area contributed by atoms with Crippen LogP contribution in [0.15, 0.2) is 42.6 Å². The molecule has 1 unspecified atom stereocenters. The third kappa shape index (κ3) is 3.47. The molecule has 2 aromatic rings. The third-order valence-corrected chi connectivity index (χ3v) is 4.32. The molecule has 25 heavy (non-hydrogen) atoms. The van der Waals surface area contributed by atoms with Gasteiger partial charge in [0.1, 0.15) is 0 Å². The quantitative estimate of drug-likeness (QED) is 0.935. The zero-order chi connectivity index (χ0) is 18.0. The van der Waals surface area contributed by atoms with Crippen LogP contribution in [-0.4, -0.2) is 42.0 Å². The molecule has 1 atom stereocenters. The lowest BCUT2D eigenvalue weighted by Crippen LogP contribution is -2.36. The second kappa shape index (κ2) is 6.93. The Morgan fingerprint density at radius 1 is 1.28 bits per heavy atom. The fourth-order valence-corrected chi connectivity index (χ4v) is 3.05. The standard InChI is InChI=1S/C19H22N4O2/c1-13-10-14-6-4-5-7-17(14)23(13)18(24)15-8-9-20-16(11-15)12-21-19(25)22(2)3/h4-9,11,13H,10,12H2,1-3H3,(H,21,25). The third-order valence-electron chi connectivity index (χ3n) is 4.32. The fourth-order valence-electron chi connectivity index (χ4n) is 3.05. The summed E-state index contributed by atoms with van der Waals surface area (Å²) in [5, 5.41) is 2.76. The summed E-state index contributed by atoms with van der Waals surface area (Å²) in [5.41, 5.74) is 3.39. The van der Waals surface area contributed by atoms with Gasteiger partial charge in [0.2, 0.25) is 0 Å². The summed E-state index contributed by atoms with van der Waals surface area (Å²) in [6, 6.07) is 11.4. The van der Waals surface area contributed by atoms with Crippen LogP contribution in [0.25, 0.3) is 0 Å². The minimum atomic E-state index is -0.194. The molecule has 1 aliphatic rings. The Bertz CT molecular complexity index is 804. The van der Waals surface area contributed by atoms with Crippen LogP contribution in [-0.2, 0) is 13.0 Å².